The molecular formula is C15H16O3. The number of aryl methyl sites for hydroxylation is 1. The lowest BCUT2D eigenvalue weighted by Gasteiger charge is -2.37. The zero-order chi connectivity index (χ0) is 12.8. The maximum absolute atomic E-state index is 12.4. The second-order valence-corrected chi connectivity index (χ2v) is 4.99. The van der Waals surface area contributed by atoms with Crippen molar-refractivity contribution in [1.82, 2.24) is 0 Å². The van der Waals surface area contributed by atoms with Gasteiger partial charge in [0.25, 0.3) is 0 Å². The molecule has 0 unspecified atom stereocenters. The molecule has 1 heterocycles. The summed E-state index contributed by atoms with van der Waals surface area (Å²) >= 11 is 0. The van der Waals surface area contributed by atoms with Crippen molar-refractivity contribution in [3.05, 3.63) is 35.6 Å². The van der Waals surface area contributed by atoms with E-state index in [0.29, 0.717) is 5.76 Å². The van der Waals surface area contributed by atoms with Gasteiger partial charge in [0.15, 0.2) is 5.76 Å². The second kappa shape index (κ2) is 3.95. The smallest absolute Gasteiger partial charge is 0.229 e. The van der Waals surface area contributed by atoms with Gasteiger partial charge in [0, 0.05) is 12.5 Å². The van der Waals surface area contributed by atoms with Crippen LogP contribution in [0.2, 0.25) is 0 Å². The first kappa shape index (κ1) is 11.5. The highest BCUT2D eigenvalue weighted by Crippen LogP contribution is 2.39. The SMILES string of the molecule is COC1(C(=O)c2cc3cccc(C)c3o2)CCC1. The van der Waals surface area contributed by atoms with Gasteiger partial charge in [-0.1, -0.05) is 18.2 Å². The van der Waals surface area contributed by atoms with E-state index in [-0.39, 0.29) is 5.78 Å². The first-order chi connectivity index (χ1) is 8.66. The van der Waals surface area contributed by atoms with Crippen molar-refractivity contribution in [1.29, 1.82) is 0 Å². The molecule has 1 aromatic carbocycles. The van der Waals surface area contributed by atoms with Gasteiger partial charge in [0.1, 0.15) is 11.2 Å². The van der Waals surface area contributed by atoms with Gasteiger partial charge in [0.2, 0.25) is 5.78 Å². The summed E-state index contributed by atoms with van der Waals surface area (Å²) in [5.74, 6) is 0.396. The minimum atomic E-state index is -0.637. The maximum atomic E-state index is 12.4. The summed E-state index contributed by atoms with van der Waals surface area (Å²) in [6.07, 6.45) is 2.62. The fraction of sp³-hybridized carbons (Fsp3) is 0.400. The van der Waals surface area contributed by atoms with Crippen molar-refractivity contribution in [2.75, 3.05) is 7.11 Å². The molecule has 3 nitrogen and oxygen atoms in total. The number of ether oxygens (including phenoxy) is 1. The summed E-state index contributed by atoms with van der Waals surface area (Å²) in [5.41, 5.74) is 1.21. The van der Waals surface area contributed by atoms with E-state index in [0.717, 1.165) is 35.8 Å². The van der Waals surface area contributed by atoms with E-state index in [1.165, 1.54) is 0 Å². The lowest BCUT2D eigenvalue weighted by Crippen LogP contribution is -2.46. The number of Topliss-reactive ketones (excluding diaryl/α,β-unsaturated/α-hetero) is 1. The predicted molar refractivity (Wildman–Crippen MR) is 68.9 cm³/mol. The predicted octanol–water partition coefficient (Wildman–Crippen LogP) is 3.49. The van der Waals surface area contributed by atoms with Gasteiger partial charge in [0.05, 0.1) is 0 Å². The number of methoxy groups -OCH3 is 1. The molecule has 0 saturated heterocycles. The van der Waals surface area contributed by atoms with Crippen LogP contribution in [0.4, 0.5) is 0 Å². The van der Waals surface area contributed by atoms with Gasteiger partial charge in [-0.15, -0.1) is 0 Å². The zero-order valence-corrected chi connectivity index (χ0v) is 10.7. The van der Waals surface area contributed by atoms with E-state index in [9.17, 15) is 4.79 Å². The van der Waals surface area contributed by atoms with Crippen molar-refractivity contribution >= 4 is 16.8 Å². The van der Waals surface area contributed by atoms with Gasteiger partial charge < -0.3 is 9.15 Å². The van der Waals surface area contributed by atoms with E-state index < -0.39 is 5.60 Å². The molecule has 1 saturated carbocycles. The van der Waals surface area contributed by atoms with E-state index in [2.05, 4.69) is 0 Å². The van der Waals surface area contributed by atoms with Gasteiger partial charge in [-0.25, -0.2) is 0 Å². The highest BCUT2D eigenvalue weighted by Gasteiger charge is 2.46. The molecule has 18 heavy (non-hydrogen) atoms. The van der Waals surface area contributed by atoms with Crippen LogP contribution in [0.25, 0.3) is 11.0 Å². The van der Waals surface area contributed by atoms with E-state index in [1.54, 1.807) is 7.11 Å². The molecule has 0 bridgehead atoms. The molecule has 0 N–H and O–H groups in total. The summed E-state index contributed by atoms with van der Waals surface area (Å²) in [5, 5.41) is 0.976. The van der Waals surface area contributed by atoms with E-state index in [1.807, 2.05) is 31.2 Å². The van der Waals surface area contributed by atoms with E-state index in [4.69, 9.17) is 9.15 Å². The number of hydrogen-bond acceptors (Lipinski definition) is 3. The molecule has 0 atom stereocenters. The summed E-state index contributed by atoms with van der Waals surface area (Å²) in [7, 11) is 1.60. The van der Waals surface area contributed by atoms with Crippen molar-refractivity contribution in [2.45, 2.75) is 31.8 Å². The molecule has 0 amide bonds. The van der Waals surface area contributed by atoms with Crippen molar-refractivity contribution < 1.29 is 13.9 Å². The molecule has 1 aliphatic carbocycles. The first-order valence-electron chi connectivity index (χ1n) is 6.25. The molecule has 1 fully saturated rings. The number of carbonyl (C=O) groups excluding carboxylic acids is 1. The van der Waals surface area contributed by atoms with Gasteiger partial charge in [-0.05, 0) is 37.8 Å². The Morgan fingerprint density at radius 2 is 2.17 bits per heavy atom. The summed E-state index contributed by atoms with van der Waals surface area (Å²) < 4.78 is 11.1. The molecular weight excluding hydrogens is 228 g/mol. The molecule has 0 aliphatic heterocycles. The summed E-state index contributed by atoms with van der Waals surface area (Å²) in [6, 6.07) is 7.74. The number of para-hydroxylation sites is 1. The van der Waals surface area contributed by atoms with Crippen LogP contribution in [-0.4, -0.2) is 18.5 Å². The third kappa shape index (κ3) is 1.51. The van der Waals surface area contributed by atoms with Crippen LogP contribution in [0.15, 0.2) is 28.7 Å². The van der Waals surface area contributed by atoms with Gasteiger partial charge >= 0.3 is 0 Å². The Bertz CT molecular complexity index is 600. The average molecular weight is 244 g/mol. The van der Waals surface area contributed by atoms with Crippen LogP contribution in [0.3, 0.4) is 0 Å². The Hall–Kier alpha value is -1.61. The van der Waals surface area contributed by atoms with Crippen LogP contribution < -0.4 is 0 Å². The van der Waals surface area contributed by atoms with Crippen molar-refractivity contribution in [2.24, 2.45) is 0 Å². The van der Waals surface area contributed by atoms with Gasteiger partial charge in [-0.2, -0.15) is 0 Å². The molecule has 3 heteroatoms. The molecule has 0 spiro atoms. The monoisotopic (exact) mass is 244 g/mol. The number of fused-ring (bicyclic) bond motifs is 1. The Balaban J connectivity index is 2.04. The third-order valence-corrected chi connectivity index (χ3v) is 3.93. The quantitative estimate of drug-likeness (QED) is 0.776. The highest BCUT2D eigenvalue weighted by atomic mass is 16.5. The molecule has 3 rings (SSSR count). The lowest BCUT2D eigenvalue weighted by molar-refractivity contribution is -0.0462. The zero-order valence-electron chi connectivity index (χ0n) is 10.7. The number of carbonyl (C=O) groups is 1. The topological polar surface area (TPSA) is 39.4 Å². The van der Waals surface area contributed by atoms with Crippen LogP contribution >= 0.6 is 0 Å². The Kier molecular flexibility index (Phi) is 2.52. The fourth-order valence-electron chi connectivity index (χ4n) is 2.57. The number of ketones is 1. The molecule has 1 aliphatic rings. The van der Waals surface area contributed by atoms with Crippen LogP contribution in [0.5, 0.6) is 0 Å². The normalized spacial score (nSPS) is 17.7. The van der Waals surface area contributed by atoms with E-state index >= 15 is 0 Å². The summed E-state index contributed by atoms with van der Waals surface area (Å²) in [4.78, 5) is 12.4. The Labute approximate surface area is 106 Å². The van der Waals surface area contributed by atoms with Gasteiger partial charge in [-0.3, -0.25) is 4.79 Å². The largest absolute Gasteiger partial charge is 0.453 e. The first-order valence-corrected chi connectivity index (χ1v) is 6.25. The number of benzene rings is 1. The minimum Gasteiger partial charge on any atom is -0.453 e. The molecule has 1 aromatic heterocycles. The Morgan fingerprint density at radius 3 is 2.72 bits per heavy atom. The minimum absolute atomic E-state index is 0.0214. The Morgan fingerprint density at radius 1 is 1.39 bits per heavy atom. The maximum Gasteiger partial charge on any atom is 0.229 e. The standard InChI is InChI=1S/C15H16O3/c1-10-5-3-6-11-9-12(18-13(10)11)14(16)15(17-2)7-4-8-15/h3,5-6,9H,4,7-8H2,1-2H3. The van der Waals surface area contributed by atoms with Crippen LogP contribution in [-0.2, 0) is 4.74 Å². The number of furan rings is 1. The van der Waals surface area contributed by atoms with Crippen LogP contribution in [0.1, 0.15) is 35.4 Å². The van der Waals surface area contributed by atoms with Crippen molar-refractivity contribution in [3.8, 4) is 0 Å². The number of rotatable bonds is 3. The number of hydrogen-bond donors (Lipinski definition) is 0. The summed E-state index contributed by atoms with van der Waals surface area (Å²) in [6.45, 7) is 1.98. The van der Waals surface area contributed by atoms with Crippen molar-refractivity contribution in [3.63, 3.8) is 0 Å². The lowest BCUT2D eigenvalue weighted by atomic mass is 9.76. The fourth-order valence-corrected chi connectivity index (χ4v) is 2.57. The second-order valence-electron chi connectivity index (χ2n) is 4.99. The molecule has 0 radical (unpaired) electrons. The third-order valence-electron chi connectivity index (χ3n) is 3.93. The molecule has 2 aromatic rings. The molecule has 94 valence electrons. The average Bonchev–Trinajstić information content (AvgIpc) is 2.73. The highest BCUT2D eigenvalue weighted by molar-refractivity contribution is 6.03. The van der Waals surface area contributed by atoms with Crippen LogP contribution in [0, 0.1) is 6.92 Å².